The maximum absolute atomic E-state index is 11.2. The van der Waals surface area contributed by atoms with Crippen molar-refractivity contribution in [2.75, 3.05) is 13.2 Å². The summed E-state index contributed by atoms with van der Waals surface area (Å²) >= 11 is 0. The number of rotatable bonds is 5. The zero-order valence-electron chi connectivity index (χ0n) is 15.5. The van der Waals surface area contributed by atoms with E-state index in [-0.39, 0.29) is 23.8 Å². The molecular weight excluding hydrogens is 340 g/mol. The number of unbranched alkanes of at least 4 members (excludes halogenated alkanes) is 1. The lowest BCUT2D eigenvalue weighted by Crippen LogP contribution is -2.12. The van der Waals surface area contributed by atoms with Gasteiger partial charge in [-0.25, -0.2) is 0 Å². The number of amides is 2. The number of esters is 2. The van der Waals surface area contributed by atoms with Crippen LogP contribution in [0.3, 0.4) is 0 Å². The summed E-state index contributed by atoms with van der Waals surface area (Å²) in [6.07, 6.45) is 8.05. The fourth-order valence-corrected chi connectivity index (χ4v) is 2.21. The predicted molar refractivity (Wildman–Crippen MR) is 95.7 cm³/mol. The fraction of sp³-hybridized carbons (Fsp3) is 0.778. The Morgan fingerprint density at radius 3 is 1.42 bits per heavy atom. The first-order chi connectivity index (χ1) is 12.4. The number of ether oxygens (including phenoxy) is 2. The molecular formula is C18H32N2O6. The van der Waals surface area contributed by atoms with E-state index in [1.165, 1.54) is 0 Å². The molecule has 8 heteroatoms. The van der Waals surface area contributed by atoms with Crippen molar-refractivity contribution in [1.82, 2.24) is 0 Å². The van der Waals surface area contributed by atoms with Gasteiger partial charge in [-0.3, -0.25) is 19.2 Å². The Kier molecular flexibility index (Phi) is 15.0. The molecule has 0 aromatic heterocycles. The van der Waals surface area contributed by atoms with E-state index < -0.39 is 0 Å². The Morgan fingerprint density at radius 2 is 1.08 bits per heavy atom. The number of cyclic esters (lactones) is 2. The summed E-state index contributed by atoms with van der Waals surface area (Å²) in [5, 5.41) is 0. The highest BCUT2D eigenvalue weighted by Gasteiger charge is 2.07. The molecule has 150 valence electrons. The average molecular weight is 372 g/mol. The third-order valence-corrected chi connectivity index (χ3v) is 3.67. The van der Waals surface area contributed by atoms with Gasteiger partial charge in [-0.1, -0.05) is 0 Å². The number of hydrogen-bond donors (Lipinski definition) is 2. The molecule has 4 N–H and O–H groups in total. The predicted octanol–water partition coefficient (Wildman–Crippen LogP) is 1.72. The lowest BCUT2D eigenvalue weighted by atomic mass is 10.2. The minimum absolute atomic E-state index is 0.148. The van der Waals surface area contributed by atoms with E-state index in [1.807, 2.05) is 0 Å². The van der Waals surface area contributed by atoms with Gasteiger partial charge < -0.3 is 20.9 Å². The molecule has 0 aromatic carbocycles. The Hall–Kier alpha value is -2.12. The van der Waals surface area contributed by atoms with Gasteiger partial charge in [0, 0.05) is 25.7 Å². The zero-order valence-corrected chi connectivity index (χ0v) is 15.5. The maximum atomic E-state index is 11.2. The van der Waals surface area contributed by atoms with Crippen LogP contribution in [0.5, 0.6) is 0 Å². The second-order valence-corrected chi connectivity index (χ2v) is 6.20. The summed E-state index contributed by atoms with van der Waals surface area (Å²) in [5.74, 6) is -0.954. The third-order valence-electron chi connectivity index (χ3n) is 3.67. The van der Waals surface area contributed by atoms with Gasteiger partial charge in [-0.2, -0.15) is 0 Å². The van der Waals surface area contributed by atoms with Crippen molar-refractivity contribution in [3.8, 4) is 0 Å². The summed E-state index contributed by atoms with van der Waals surface area (Å²) in [5.41, 5.74) is 9.71. The van der Waals surface area contributed by atoms with Crippen molar-refractivity contribution >= 4 is 23.8 Å². The van der Waals surface area contributed by atoms with E-state index in [0.717, 1.165) is 25.7 Å². The van der Waals surface area contributed by atoms with E-state index in [9.17, 15) is 19.2 Å². The van der Waals surface area contributed by atoms with E-state index in [1.54, 1.807) is 0 Å². The lowest BCUT2D eigenvalue weighted by molar-refractivity contribution is -0.146. The number of nitrogens with two attached hydrogens (primary N) is 2. The van der Waals surface area contributed by atoms with Crippen molar-refractivity contribution in [2.24, 2.45) is 11.5 Å². The van der Waals surface area contributed by atoms with E-state index in [2.05, 4.69) is 0 Å². The molecule has 1 heterocycles. The number of carbonyl (C=O) groups is 4. The van der Waals surface area contributed by atoms with Gasteiger partial charge in [-0.05, 0) is 51.4 Å². The van der Waals surface area contributed by atoms with Gasteiger partial charge in [0.05, 0.1) is 13.2 Å². The summed E-state index contributed by atoms with van der Waals surface area (Å²) < 4.78 is 10.1. The van der Waals surface area contributed by atoms with Crippen LogP contribution in [0.15, 0.2) is 0 Å². The van der Waals surface area contributed by atoms with Gasteiger partial charge >= 0.3 is 11.9 Å². The zero-order chi connectivity index (χ0) is 19.6. The Bertz CT molecular complexity index is 399. The Labute approximate surface area is 154 Å². The molecule has 1 rings (SSSR count). The molecule has 0 atom stereocenters. The van der Waals surface area contributed by atoms with Gasteiger partial charge in [0.15, 0.2) is 0 Å². The molecule has 0 radical (unpaired) electrons. The normalized spacial score (nSPS) is 16.9. The second-order valence-electron chi connectivity index (χ2n) is 6.20. The van der Waals surface area contributed by atoms with Crippen molar-refractivity contribution in [3.63, 3.8) is 0 Å². The minimum Gasteiger partial charge on any atom is -0.466 e. The van der Waals surface area contributed by atoms with Crippen LogP contribution in [0.25, 0.3) is 0 Å². The highest BCUT2D eigenvalue weighted by atomic mass is 16.5. The molecule has 1 saturated heterocycles. The van der Waals surface area contributed by atoms with Crippen molar-refractivity contribution in [2.45, 2.75) is 77.0 Å². The molecule has 0 aromatic rings. The largest absolute Gasteiger partial charge is 0.466 e. The minimum atomic E-state index is -0.329. The first kappa shape index (κ1) is 23.9. The quantitative estimate of drug-likeness (QED) is 0.556. The molecule has 0 unspecified atom stereocenters. The lowest BCUT2D eigenvalue weighted by Gasteiger charge is -2.07. The Morgan fingerprint density at radius 1 is 0.692 bits per heavy atom. The highest BCUT2D eigenvalue weighted by molar-refractivity contribution is 5.74. The summed E-state index contributed by atoms with van der Waals surface area (Å²) in [7, 11) is 0. The number of carbonyl (C=O) groups excluding carboxylic acids is 4. The SMILES string of the molecule is NC(=O)CCCCC(N)=O.O=C1CCCCC(=O)OCCCCCCO1. The van der Waals surface area contributed by atoms with Crippen LogP contribution in [-0.2, 0) is 28.7 Å². The smallest absolute Gasteiger partial charge is 0.305 e. The molecule has 8 nitrogen and oxygen atoms in total. The van der Waals surface area contributed by atoms with Crippen LogP contribution in [0.2, 0.25) is 0 Å². The van der Waals surface area contributed by atoms with E-state index in [4.69, 9.17) is 20.9 Å². The monoisotopic (exact) mass is 372 g/mol. The van der Waals surface area contributed by atoms with Crippen LogP contribution < -0.4 is 11.5 Å². The standard InChI is InChI=1S/C12H20O4.C6H12N2O2/c13-11-7-3-4-8-12(14)16-10-6-2-1-5-9-15-11;7-5(9)3-1-2-4-6(8)10/h1-10H2;1-4H2,(H2,7,9)(H2,8,10). The van der Waals surface area contributed by atoms with Crippen LogP contribution in [0.1, 0.15) is 77.0 Å². The average Bonchev–Trinajstić information content (AvgIpc) is 2.58. The molecule has 1 aliphatic heterocycles. The van der Waals surface area contributed by atoms with Crippen LogP contribution >= 0.6 is 0 Å². The molecule has 0 saturated carbocycles. The molecule has 1 aliphatic rings. The number of hydrogen-bond acceptors (Lipinski definition) is 6. The second kappa shape index (κ2) is 16.4. The Balaban J connectivity index is 0.000000541. The first-order valence-electron chi connectivity index (χ1n) is 9.29. The molecule has 1 fully saturated rings. The van der Waals surface area contributed by atoms with Crippen molar-refractivity contribution < 1.29 is 28.7 Å². The number of primary amides is 2. The summed E-state index contributed by atoms with van der Waals surface area (Å²) in [6, 6.07) is 0. The van der Waals surface area contributed by atoms with Gasteiger partial charge in [0.25, 0.3) is 0 Å². The van der Waals surface area contributed by atoms with Crippen molar-refractivity contribution in [1.29, 1.82) is 0 Å². The molecule has 0 spiro atoms. The van der Waals surface area contributed by atoms with Crippen LogP contribution in [-0.4, -0.2) is 37.0 Å². The van der Waals surface area contributed by atoms with Crippen LogP contribution in [0, 0.1) is 0 Å². The van der Waals surface area contributed by atoms with Crippen LogP contribution in [0.4, 0.5) is 0 Å². The van der Waals surface area contributed by atoms with Crippen molar-refractivity contribution in [3.05, 3.63) is 0 Å². The topological polar surface area (TPSA) is 139 Å². The third kappa shape index (κ3) is 18.2. The van der Waals surface area contributed by atoms with Gasteiger partial charge in [-0.15, -0.1) is 0 Å². The summed E-state index contributed by atoms with van der Waals surface area (Å²) in [6.45, 7) is 1.05. The van der Waals surface area contributed by atoms with Gasteiger partial charge in [0.1, 0.15) is 0 Å². The molecule has 2 amide bonds. The van der Waals surface area contributed by atoms with Gasteiger partial charge in [0.2, 0.25) is 11.8 Å². The molecule has 0 aliphatic carbocycles. The molecule has 0 bridgehead atoms. The van der Waals surface area contributed by atoms with E-state index >= 15 is 0 Å². The van der Waals surface area contributed by atoms with E-state index in [0.29, 0.717) is 64.6 Å². The maximum Gasteiger partial charge on any atom is 0.305 e. The highest BCUT2D eigenvalue weighted by Crippen LogP contribution is 2.07. The summed E-state index contributed by atoms with van der Waals surface area (Å²) in [4.78, 5) is 42.7. The fourth-order valence-electron chi connectivity index (χ4n) is 2.21. The molecule has 26 heavy (non-hydrogen) atoms. The first-order valence-corrected chi connectivity index (χ1v) is 9.29.